The van der Waals surface area contributed by atoms with Crippen LogP contribution in [-0.4, -0.2) is 39.6 Å². The maximum absolute atomic E-state index is 12.5. The third-order valence-corrected chi connectivity index (χ3v) is 4.37. The van der Waals surface area contributed by atoms with E-state index in [0.29, 0.717) is 12.5 Å². The van der Waals surface area contributed by atoms with Crippen LogP contribution < -0.4 is 10.6 Å². The summed E-state index contributed by atoms with van der Waals surface area (Å²) in [5, 5.41) is 6.94. The molecular formula is C19H24N6O. The number of carbonyl (C=O) groups is 1. The van der Waals surface area contributed by atoms with Crippen LogP contribution in [-0.2, 0) is 13.1 Å². The van der Waals surface area contributed by atoms with Gasteiger partial charge in [-0.3, -0.25) is 0 Å². The zero-order valence-electron chi connectivity index (χ0n) is 15.6. The zero-order valence-corrected chi connectivity index (χ0v) is 15.6. The molecule has 1 aromatic carbocycles. The van der Waals surface area contributed by atoms with Gasteiger partial charge in [0.2, 0.25) is 5.95 Å². The summed E-state index contributed by atoms with van der Waals surface area (Å²) in [6, 6.07) is 7.95. The van der Waals surface area contributed by atoms with Crippen molar-refractivity contribution in [3.05, 3.63) is 47.9 Å². The number of rotatable bonds is 5. The second-order valence-corrected chi connectivity index (χ2v) is 6.25. The maximum atomic E-state index is 12.5. The summed E-state index contributed by atoms with van der Waals surface area (Å²) in [4.78, 5) is 22.4. The van der Waals surface area contributed by atoms with Gasteiger partial charge in [0.05, 0.1) is 6.54 Å². The van der Waals surface area contributed by atoms with Crippen molar-refractivity contribution in [2.45, 2.75) is 26.9 Å². The quantitative estimate of drug-likeness (QED) is 0.737. The second kappa shape index (κ2) is 7.43. The third-order valence-electron chi connectivity index (χ3n) is 4.37. The van der Waals surface area contributed by atoms with E-state index in [1.54, 1.807) is 31.4 Å². The van der Waals surface area contributed by atoms with Gasteiger partial charge in [-0.15, -0.1) is 0 Å². The molecule has 0 saturated heterocycles. The highest BCUT2D eigenvalue weighted by molar-refractivity contribution is 5.93. The molecule has 0 aliphatic rings. The van der Waals surface area contributed by atoms with Crippen molar-refractivity contribution < 1.29 is 4.79 Å². The Hall–Kier alpha value is -3.09. The van der Waals surface area contributed by atoms with E-state index in [1.807, 2.05) is 18.2 Å². The van der Waals surface area contributed by atoms with Crippen molar-refractivity contribution in [2.24, 2.45) is 0 Å². The highest BCUT2D eigenvalue weighted by Crippen LogP contribution is 2.23. The van der Waals surface area contributed by atoms with Crippen LogP contribution in [0.1, 0.15) is 18.2 Å². The number of benzene rings is 1. The molecule has 0 spiro atoms. The van der Waals surface area contributed by atoms with Crippen LogP contribution in [0.25, 0.3) is 10.9 Å². The lowest BCUT2D eigenvalue weighted by Gasteiger charge is -2.18. The van der Waals surface area contributed by atoms with Crippen molar-refractivity contribution in [2.75, 3.05) is 24.7 Å². The van der Waals surface area contributed by atoms with Crippen LogP contribution in [0, 0.1) is 6.92 Å². The van der Waals surface area contributed by atoms with Gasteiger partial charge in [-0.05, 0) is 38.1 Å². The number of carbonyl (C=O) groups excluding carboxylic acids is 1. The van der Waals surface area contributed by atoms with Gasteiger partial charge in [-0.1, -0.05) is 0 Å². The topological polar surface area (TPSA) is 75.1 Å². The Labute approximate surface area is 153 Å². The Kier molecular flexibility index (Phi) is 5.06. The summed E-state index contributed by atoms with van der Waals surface area (Å²) in [6.07, 6.45) is 3.43. The first-order chi connectivity index (χ1) is 12.5. The number of fused-ring (bicyclic) bond motifs is 1. The summed E-state index contributed by atoms with van der Waals surface area (Å²) in [6.45, 7) is 5.59. The average Bonchev–Trinajstić information content (AvgIpc) is 2.96. The fourth-order valence-electron chi connectivity index (χ4n) is 3.04. The van der Waals surface area contributed by atoms with Crippen LogP contribution in [0.15, 0.2) is 36.7 Å². The lowest BCUT2D eigenvalue weighted by molar-refractivity contribution is 0.220. The Morgan fingerprint density at radius 1 is 1.23 bits per heavy atom. The van der Waals surface area contributed by atoms with Crippen LogP contribution in [0.3, 0.4) is 0 Å². The monoisotopic (exact) mass is 352 g/mol. The van der Waals surface area contributed by atoms with E-state index in [9.17, 15) is 4.79 Å². The number of aromatic nitrogens is 3. The molecule has 0 aliphatic carbocycles. The molecule has 2 amide bonds. The Balaban J connectivity index is 1.69. The Morgan fingerprint density at radius 2 is 1.96 bits per heavy atom. The number of aryl methyl sites for hydroxylation is 2. The van der Waals surface area contributed by atoms with Gasteiger partial charge in [0, 0.05) is 60.9 Å². The predicted octanol–water partition coefficient (Wildman–Crippen LogP) is 3.47. The third kappa shape index (κ3) is 3.61. The van der Waals surface area contributed by atoms with E-state index < -0.39 is 0 Å². The first-order valence-corrected chi connectivity index (χ1v) is 8.62. The molecule has 0 fully saturated rings. The number of urea groups is 1. The second-order valence-electron chi connectivity index (χ2n) is 6.25. The van der Waals surface area contributed by atoms with Gasteiger partial charge in [0.15, 0.2) is 0 Å². The van der Waals surface area contributed by atoms with Crippen LogP contribution in [0.5, 0.6) is 0 Å². The molecule has 136 valence electrons. The van der Waals surface area contributed by atoms with Crippen molar-refractivity contribution >= 4 is 28.6 Å². The predicted molar refractivity (Wildman–Crippen MR) is 104 cm³/mol. The van der Waals surface area contributed by atoms with Gasteiger partial charge in [-0.25, -0.2) is 14.8 Å². The number of nitrogens with zero attached hydrogens (tertiary/aromatic N) is 4. The molecule has 2 heterocycles. The van der Waals surface area contributed by atoms with Gasteiger partial charge in [0.1, 0.15) is 0 Å². The molecule has 2 aromatic heterocycles. The highest BCUT2D eigenvalue weighted by Gasteiger charge is 2.11. The maximum Gasteiger partial charge on any atom is 0.321 e. The largest absolute Gasteiger partial charge is 0.357 e. The normalized spacial score (nSPS) is 10.8. The van der Waals surface area contributed by atoms with Gasteiger partial charge >= 0.3 is 6.03 Å². The van der Waals surface area contributed by atoms with Crippen molar-refractivity contribution in [3.63, 3.8) is 0 Å². The standard InChI is InChI=1S/C19H24N6O/c1-5-25-13(2)8-15-9-16(6-7-17(15)25)23-19(26)24(4)12-14-10-21-18(20-3)22-11-14/h6-11H,5,12H2,1-4H3,(H,23,26)(H,20,21,22). The van der Waals surface area contributed by atoms with E-state index in [0.717, 1.165) is 23.2 Å². The van der Waals surface area contributed by atoms with Crippen molar-refractivity contribution in [1.29, 1.82) is 0 Å². The molecule has 0 saturated carbocycles. The van der Waals surface area contributed by atoms with Crippen LogP contribution in [0.4, 0.5) is 16.4 Å². The number of anilines is 2. The van der Waals surface area contributed by atoms with Gasteiger partial charge in [0.25, 0.3) is 0 Å². The molecule has 3 aromatic rings. The van der Waals surface area contributed by atoms with E-state index >= 15 is 0 Å². The molecule has 0 aliphatic heterocycles. The first-order valence-electron chi connectivity index (χ1n) is 8.62. The fraction of sp³-hybridized carbons (Fsp3) is 0.316. The van der Waals surface area contributed by atoms with Crippen molar-refractivity contribution in [1.82, 2.24) is 19.4 Å². The number of amides is 2. The van der Waals surface area contributed by atoms with E-state index in [4.69, 9.17) is 0 Å². The summed E-state index contributed by atoms with van der Waals surface area (Å²) in [5.41, 5.74) is 4.04. The number of hydrogen-bond acceptors (Lipinski definition) is 4. The van der Waals surface area contributed by atoms with E-state index in [-0.39, 0.29) is 6.03 Å². The summed E-state index contributed by atoms with van der Waals surface area (Å²) >= 11 is 0. The smallest absolute Gasteiger partial charge is 0.321 e. The van der Waals surface area contributed by atoms with Crippen molar-refractivity contribution in [3.8, 4) is 0 Å². The fourth-order valence-corrected chi connectivity index (χ4v) is 3.04. The molecule has 7 nitrogen and oxygen atoms in total. The molecular weight excluding hydrogens is 328 g/mol. The minimum atomic E-state index is -0.173. The lowest BCUT2D eigenvalue weighted by Crippen LogP contribution is -2.30. The molecule has 3 rings (SSSR count). The molecule has 26 heavy (non-hydrogen) atoms. The summed E-state index contributed by atoms with van der Waals surface area (Å²) < 4.78 is 2.25. The van der Waals surface area contributed by atoms with E-state index in [2.05, 4.69) is 45.1 Å². The molecule has 7 heteroatoms. The lowest BCUT2D eigenvalue weighted by atomic mass is 10.2. The molecule has 0 radical (unpaired) electrons. The summed E-state index contributed by atoms with van der Waals surface area (Å²) in [5.74, 6) is 0.559. The van der Waals surface area contributed by atoms with Crippen LogP contribution in [0.2, 0.25) is 0 Å². The Morgan fingerprint density at radius 3 is 2.62 bits per heavy atom. The SMILES string of the molecule is CCn1c(C)cc2cc(NC(=O)N(C)Cc3cnc(NC)nc3)ccc21. The van der Waals surface area contributed by atoms with Gasteiger partial charge < -0.3 is 20.1 Å². The van der Waals surface area contributed by atoms with E-state index in [1.165, 1.54) is 11.2 Å². The minimum Gasteiger partial charge on any atom is -0.357 e. The summed E-state index contributed by atoms with van der Waals surface area (Å²) in [7, 11) is 3.51. The molecule has 2 N–H and O–H groups in total. The van der Waals surface area contributed by atoms with Crippen LogP contribution >= 0.6 is 0 Å². The average molecular weight is 352 g/mol. The zero-order chi connectivity index (χ0) is 18.7. The number of nitrogens with one attached hydrogen (secondary N) is 2. The molecule has 0 bridgehead atoms. The Bertz CT molecular complexity index is 916. The highest BCUT2D eigenvalue weighted by atomic mass is 16.2. The molecule has 0 atom stereocenters. The van der Waals surface area contributed by atoms with Gasteiger partial charge in [-0.2, -0.15) is 0 Å². The minimum absolute atomic E-state index is 0.173. The molecule has 0 unspecified atom stereocenters. The number of hydrogen-bond donors (Lipinski definition) is 2. The first kappa shape index (κ1) is 17.7.